The van der Waals surface area contributed by atoms with Crippen molar-refractivity contribution in [1.29, 1.82) is 0 Å². The minimum Gasteiger partial charge on any atom is -0.333 e. The summed E-state index contributed by atoms with van der Waals surface area (Å²) in [4.78, 5) is 6.65. The molecular weight excluding hydrogens is 267 g/mol. The molecule has 0 spiro atoms. The van der Waals surface area contributed by atoms with Crippen molar-refractivity contribution >= 4 is 0 Å². The van der Waals surface area contributed by atoms with E-state index in [1.54, 1.807) is 6.07 Å². The number of nitrogens with zero attached hydrogens (tertiary/aromatic N) is 3. The van der Waals surface area contributed by atoms with Gasteiger partial charge < -0.3 is 10.3 Å². The summed E-state index contributed by atoms with van der Waals surface area (Å²) in [6.07, 6.45) is 3.83. The molecule has 1 aromatic carbocycles. The lowest BCUT2D eigenvalue weighted by Crippen LogP contribution is -2.33. The third kappa shape index (κ3) is 3.13. The van der Waals surface area contributed by atoms with Gasteiger partial charge in [0, 0.05) is 37.6 Å². The Morgan fingerprint density at radius 3 is 3.10 bits per heavy atom. The van der Waals surface area contributed by atoms with Crippen LogP contribution in [0.3, 0.4) is 0 Å². The zero-order valence-corrected chi connectivity index (χ0v) is 11.7. The van der Waals surface area contributed by atoms with Crippen LogP contribution in [0.15, 0.2) is 30.6 Å². The molecule has 4 nitrogen and oxygen atoms in total. The summed E-state index contributed by atoms with van der Waals surface area (Å²) < 4.78 is 15.5. The molecule has 1 aliphatic heterocycles. The van der Waals surface area contributed by atoms with E-state index in [1.165, 1.54) is 12.1 Å². The second kappa shape index (κ2) is 6.08. The average Bonchev–Trinajstić information content (AvgIpc) is 2.95. The van der Waals surface area contributed by atoms with Crippen LogP contribution in [-0.2, 0) is 19.6 Å². The van der Waals surface area contributed by atoms with Gasteiger partial charge in [-0.05, 0) is 17.7 Å². The van der Waals surface area contributed by atoms with E-state index < -0.39 is 0 Å². The first-order chi connectivity index (χ1) is 10.3. The molecular formula is C16H17FN4. The third-order valence-corrected chi connectivity index (χ3v) is 3.61. The lowest BCUT2D eigenvalue weighted by atomic mass is 10.1. The van der Waals surface area contributed by atoms with Crippen molar-refractivity contribution in [2.45, 2.75) is 19.6 Å². The molecule has 0 aliphatic carbocycles. The van der Waals surface area contributed by atoms with E-state index in [9.17, 15) is 4.39 Å². The number of hydrogen-bond donors (Lipinski definition) is 1. The second-order valence-corrected chi connectivity index (χ2v) is 5.05. The molecule has 5 heteroatoms. The van der Waals surface area contributed by atoms with Gasteiger partial charge in [0.05, 0.1) is 13.1 Å². The summed E-state index contributed by atoms with van der Waals surface area (Å²) in [7, 11) is 0. The summed E-state index contributed by atoms with van der Waals surface area (Å²) in [6.45, 7) is 3.69. The van der Waals surface area contributed by atoms with Gasteiger partial charge in [0.1, 0.15) is 11.6 Å². The highest BCUT2D eigenvalue weighted by Crippen LogP contribution is 2.17. The highest BCUT2D eigenvalue weighted by molar-refractivity contribution is 5.42. The maximum Gasteiger partial charge on any atom is 0.124 e. The van der Waals surface area contributed by atoms with Gasteiger partial charge in [0.25, 0.3) is 0 Å². The second-order valence-electron chi connectivity index (χ2n) is 5.05. The summed E-state index contributed by atoms with van der Waals surface area (Å²) in [6, 6.07) is 4.76. The largest absolute Gasteiger partial charge is 0.333 e. The van der Waals surface area contributed by atoms with Crippen LogP contribution in [0.25, 0.3) is 0 Å². The van der Waals surface area contributed by atoms with Crippen LogP contribution >= 0.6 is 0 Å². The molecule has 2 N–H and O–H groups in total. The predicted molar refractivity (Wildman–Crippen MR) is 78.7 cm³/mol. The van der Waals surface area contributed by atoms with Gasteiger partial charge in [-0.25, -0.2) is 9.37 Å². The van der Waals surface area contributed by atoms with E-state index in [-0.39, 0.29) is 12.4 Å². The van der Waals surface area contributed by atoms with E-state index in [2.05, 4.69) is 26.3 Å². The molecule has 0 saturated heterocycles. The topological polar surface area (TPSA) is 47.1 Å². The van der Waals surface area contributed by atoms with Crippen LogP contribution in [0.5, 0.6) is 0 Å². The molecule has 0 amide bonds. The van der Waals surface area contributed by atoms with Crippen molar-refractivity contribution in [3.63, 3.8) is 0 Å². The van der Waals surface area contributed by atoms with Gasteiger partial charge in [0.15, 0.2) is 0 Å². The van der Waals surface area contributed by atoms with Crippen molar-refractivity contribution < 1.29 is 4.39 Å². The van der Waals surface area contributed by atoms with Crippen LogP contribution in [0.2, 0.25) is 0 Å². The molecule has 0 unspecified atom stereocenters. The third-order valence-electron chi connectivity index (χ3n) is 3.61. The van der Waals surface area contributed by atoms with E-state index >= 15 is 0 Å². The Kier molecular flexibility index (Phi) is 4.00. The molecule has 1 aromatic heterocycles. The molecule has 108 valence electrons. The SMILES string of the molecule is NCC#Cc1cc(F)ccc1CN1CCn2ccnc2C1. The zero-order valence-electron chi connectivity index (χ0n) is 11.7. The number of aromatic nitrogens is 2. The molecule has 0 bridgehead atoms. The first kappa shape index (κ1) is 13.8. The van der Waals surface area contributed by atoms with Gasteiger partial charge in [-0.3, -0.25) is 4.90 Å². The standard InChI is InChI=1S/C16H17FN4/c17-15-4-3-14(13(10-15)2-1-5-18)11-20-8-9-21-7-6-19-16(21)12-20/h3-4,6-7,10H,5,8-9,11-12,18H2. The van der Waals surface area contributed by atoms with Gasteiger partial charge in [-0.1, -0.05) is 17.9 Å². The maximum absolute atomic E-state index is 13.4. The normalized spacial score (nSPS) is 14.4. The van der Waals surface area contributed by atoms with Crippen molar-refractivity contribution in [1.82, 2.24) is 14.5 Å². The molecule has 2 aromatic rings. The fraction of sp³-hybridized carbons (Fsp3) is 0.312. The highest BCUT2D eigenvalue weighted by Gasteiger charge is 2.17. The Balaban J connectivity index is 1.79. The molecule has 0 atom stereocenters. The van der Waals surface area contributed by atoms with Crippen LogP contribution in [-0.4, -0.2) is 27.5 Å². The Bertz CT molecular complexity index is 696. The summed E-state index contributed by atoms with van der Waals surface area (Å²) in [5, 5.41) is 0. The van der Waals surface area contributed by atoms with Gasteiger partial charge in [-0.15, -0.1) is 0 Å². The first-order valence-electron chi connectivity index (χ1n) is 6.96. The van der Waals surface area contributed by atoms with Crippen LogP contribution < -0.4 is 5.73 Å². The van der Waals surface area contributed by atoms with Crippen molar-refractivity contribution in [2.24, 2.45) is 5.73 Å². The first-order valence-corrected chi connectivity index (χ1v) is 6.96. The zero-order chi connectivity index (χ0) is 14.7. The number of fused-ring (bicyclic) bond motifs is 1. The van der Waals surface area contributed by atoms with Gasteiger partial charge in [-0.2, -0.15) is 0 Å². The summed E-state index contributed by atoms with van der Waals surface area (Å²) >= 11 is 0. The minimum absolute atomic E-state index is 0.269. The molecule has 0 saturated carbocycles. The highest BCUT2D eigenvalue weighted by atomic mass is 19.1. The van der Waals surface area contributed by atoms with Crippen molar-refractivity contribution in [2.75, 3.05) is 13.1 Å². The Labute approximate surface area is 123 Å². The van der Waals surface area contributed by atoms with Crippen LogP contribution in [0.4, 0.5) is 4.39 Å². The predicted octanol–water partition coefficient (Wildman–Crippen LogP) is 1.35. The number of nitrogens with two attached hydrogens (primary N) is 1. The summed E-state index contributed by atoms with van der Waals surface area (Å²) in [5.74, 6) is 6.55. The molecule has 3 rings (SSSR count). The Morgan fingerprint density at radius 2 is 2.24 bits per heavy atom. The van der Waals surface area contributed by atoms with Crippen LogP contribution in [0, 0.1) is 17.7 Å². The van der Waals surface area contributed by atoms with Crippen molar-refractivity contribution in [3.05, 3.63) is 53.4 Å². The smallest absolute Gasteiger partial charge is 0.124 e. The minimum atomic E-state index is -0.269. The van der Waals surface area contributed by atoms with Crippen molar-refractivity contribution in [3.8, 4) is 11.8 Å². The number of hydrogen-bond acceptors (Lipinski definition) is 3. The molecule has 0 radical (unpaired) electrons. The quantitative estimate of drug-likeness (QED) is 0.847. The number of rotatable bonds is 2. The van der Waals surface area contributed by atoms with E-state index in [0.717, 1.165) is 43.1 Å². The molecule has 1 aliphatic rings. The maximum atomic E-state index is 13.4. The van der Waals surface area contributed by atoms with Gasteiger partial charge >= 0.3 is 0 Å². The number of benzene rings is 1. The lowest BCUT2D eigenvalue weighted by molar-refractivity contribution is 0.208. The molecule has 21 heavy (non-hydrogen) atoms. The number of imidazole rings is 1. The van der Waals surface area contributed by atoms with Crippen LogP contribution in [0.1, 0.15) is 17.0 Å². The molecule has 0 fully saturated rings. The average molecular weight is 284 g/mol. The molecule has 2 heterocycles. The monoisotopic (exact) mass is 284 g/mol. The number of halogens is 1. The lowest BCUT2D eigenvalue weighted by Gasteiger charge is -2.27. The fourth-order valence-electron chi connectivity index (χ4n) is 2.55. The fourth-order valence-corrected chi connectivity index (χ4v) is 2.55. The Hall–Kier alpha value is -2.16. The van der Waals surface area contributed by atoms with E-state index in [1.807, 2.05) is 12.4 Å². The van der Waals surface area contributed by atoms with E-state index in [4.69, 9.17) is 5.73 Å². The summed E-state index contributed by atoms with van der Waals surface area (Å²) in [5.41, 5.74) is 7.14. The van der Waals surface area contributed by atoms with E-state index in [0.29, 0.717) is 0 Å². The van der Waals surface area contributed by atoms with Gasteiger partial charge in [0.2, 0.25) is 0 Å². The Morgan fingerprint density at radius 1 is 1.33 bits per heavy atom.